The molecule has 0 atom stereocenters. The lowest BCUT2D eigenvalue weighted by Crippen LogP contribution is -2.12. The summed E-state index contributed by atoms with van der Waals surface area (Å²) in [5.41, 5.74) is 0. The van der Waals surface area contributed by atoms with Crippen LogP contribution in [0.4, 0.5) is 0 Å². The summed E-state index contributed by atoms with van der Waals surface area (Å²) in [7, 11) is 0. The van der Waals surface area contributed by atoms with Gasteiger partial charge in [-0.2, -0.15) is 0 Å². The molecular weight excluding hydrogens is 214 g/mol. The molecule has 0 spiro atoms. The quantitative estimate of drug-likeness (QED) is 0.709. The van der Waals surface area contributed by atoms with E-state index in [0.717, 1.165) is 25.2 Å². The van der Waals surface area contributed by atoms with E-state index in [1.807, 2.05) is 0 Å². The second-order valence-electron chi connectivity index (χ2n) is 5.01. The lowest BCUT2D eigenvalue weighted by Gasteiger charge is -2.11. The maximum absolute atomic E-state index is 9.23. The summed E-state index contributed by atoms with van der Waals surface area (Å²) in [4.78, 5) is 0. The van der Waals surface area contributed by atoms with Gasteiger partial charge in [0.25, 0.3) is 0 Å². The van der Waals surface area contributed by atoms with E-state index in [1.165, 1.54) is 19.3 Å². The van der Waals surface area contributed by atoms with Crippen LogP contribution in [0.15, 0.2) is 0 Å². The molecule has 1 rings (SSSR count). The summed E-state index contributed by atoms with van der Waals surface area (Å²) in [6.07, 6.45) is 5.92. The molecule has 0 aromatic carbocycles. The molecule has 4 heteroatoms. The standard InChI is InChI=1S/C13H25N3O/c1-4-5-6-7-8-12-14-15-13(10-17)16(12)9-11(2)3/h11,17H,4-10H2,1-3H3. The minimum Gasteiger partial charge on any atom is -0.388 e. The molecular formula is C13H25N3O. The highest BCUT2D eigenvalue weighted by atomic mass is 16.3. The Labute approximate surface area is 104 Å². The van der Waals surface area contributed by atoms with Gasteiger partial charge in [0.2, 0.25) is 0 Å². The first kappa shape index (κ1) is 14.2. The number of aliphatic hydroxyl groups is 1. The first-order valence-electron chi connectivity index (χ1n) is 6.70. The number of unbranched alkanes of at least 4 members (excludes halogenated alkanes) is 3. The second-order valence-corrected chi connectivity index (χ2v) is 5.01. The van der Waals surface area contributed by atoms with Gasteiger partial charge < -0.3 is 9.67 Å². The summed E-state index contributed by atoms with van der Waals surface area (Å²) >= 11 is 0. The van der Waals surface area contributed by atoms with Gasteiger partial charge in [-0.25, -0.2) is 0 Å². The largest absolute Gasteiger partial charge is 0.388 e. The van der Waals surface area contributed by atoms with Gasteiger partial charge in [0, 0.05) is 13.0 Å². The molecule has 4 nitrogen and oxygen atoms in total. The van der Waals surface area contributed by atoms with E-state index in [0.29, 0.717) is 11.7 Å². The predicted molar refractivity (Wildman–Crippen MR) is 68.6 cm³/mol. The summed E-state index contributed by atoms with van der Waals surface area (Å²) < 4.78 is 2.08. The second kappa shape index (κ2) is 7.43. The van der Waals surface area contributed by atoms with Crippen molar-refractivity contribution in [2.45, 2.75) is 66.0 Å². The third-order valence-corrected chi connectivity index (χ3v) is 2.85. The van der Waals surface area contributed by atoms with Crippen LogP contribution in [0.3, 0.4) is 0 Å². The van der Waals surface area contributed by atoms with E-state index in [2.05, 4.69) is 35.5 Å². The van der Waals surface area contributed by atoms with Gasteiger partial charge in [-0.05, 0) is 12.3 Å². The first-order valence-corrected chi connectivity index (χ1v) is 6.70. The zero-order valence-electron chi connectivity index (χ0n) is 11.3. The van der Waals surface area contributed by atoms with Crippen molar-refractivity contribution >= 4 is 0 Å². The van der Waals surface area contributed by atoms with Crippen LogP contribution in [0.25, 0.3) is 0 Å². The molecule has 1 N–H and O–H groups in total. The number of hydrogen-bond donors (Lipinski definition) is 1. The molecule has 0 aliphatic rings. The van der Waals surface area contributed by atoms with Crippen molar-refractivity contribution in [1.82, 2.24) is 14.8 Å². The van der Waals surface area contributed by atoms with Crippen LogP contribution in [-0.4, -0.2) is 19.9 Å². The highest BCUT2D eigenvalue weighted by Crippen LogP contribution is 2.11. The molecule has 0 unspecified atom stereocenters. The molecule has 0 radical (unpaired) electrons. The number of aryl methyl sites for hydroxylation is 1. The molecule has 0 amide bonds. The van der Waals surface area contributed by atoms with Gasteiger partial charge in [0.15, 0.2) is 5.82 Å². The average Bonchev–Trinajstić information content (AvgIpc) is 2.66. The normalized spacial score (nSPS) is 11.4. The fourth-order valence-electron chi connectivity index (χ4n) is 1.96. The van der Waals surface area contributed by atoms with Crippen molar-refractivity contribution < 1.29 is 5.11 Å². The Bertz CT molecular complexity index is 320. The van der Waals surface area contributed by atoms with Crippen molar-refractivity contribution in [1.29, 1.82) is 0 Å². The molecule has 0 fully saturated rings. The number of aliphatic hydroxyl groups excluding tert-OH is 1. The Kier molecular flexibility index (Phi) is 6.19. The van der Waals surface area contributed by atoms with E-state index in [-0.39, 0.29) is 6.61 Å². The summed E-state index contributed by atoms with van der Waals surface area (Å²) in [5, 5.41) is 17.5. The predicted octanol–water partition coefficient (Wildman–Crippen LogP) is 2.55. The molecule has 1 aromatic rings. The number of hydrogen-bond acceptors (Lipinski definition) is 3. The fourth-order valence-corrected chi connectivity index (χ4v) is 1.96. The van der Waals surface area contributed by atoms with E-state index >= 15 is 0 Å². The molecule has 0 saturated heterocycles. The van der Waals surface area contributed by atoms with E-state index in [4.69, 9.17) is 0 Å². The molecule has 0 bridgehead atoms. The van der Waals surface area contributed by atoms with Crippen molar-refractivity contribution in [3.05, 3.63) is 11.6 Å². The maximum Gasteiger partial charge on any atom is 0.158 e. The van der Waals surface area contributed by atoms with Crippen LogP contribution in [0.2, 0.25) is 0 Å². The molecule has 0 aliphatic heterocycles. The lowest BCUT2D eigenvalue weighted by molar-refractivity contribution is 0.261. The molecule has 17 heavy (non-hydrogen) atoms. The third-order valence-electron chi connectivity index (χ3n) is 2.85. The van der Waals surface area contributed by atoms with Gasteiger partial charge in [0.05, 0.1) is 0 Å². The molecule has 0 saturated carbocycles. The Balaban J connectivity index is 2.60. The monoisotopic (exact) mass is 239 g/mol. The molecule has 1 aromatic heterocycles. The van der Waals surface area contributed by atoms with E-state index in [9.17, 15) is 5.11 Å². The van der Waals surface area contributed by atoms with Gasteiger partial charge in [0.1, 0.15) is 12.4 Å². The lowest BCUT2D eigenvalue weighted by atomic mass is 10.1. The highest BCUT2D eigenvalue weighted by Gasteiger charge is 2.11. The summed E-state index contributed by atoms with van der Waals surface area (Å²) in [6, 6.07) is 0. The summed E-state index contributed by atoms with van der Waals surface area (Å²) in [5.74, 6) is 2.27. The fraction of sp³-hybridized carbons (Fsp3) is 0.846. The van der Waals surface area contributed by atoms with Gasteiger partial charge in [-0.3, -0.25) is 0 Å². The van der Waals surface area contributed by atoms with Gasteiger partial charge >= 0.3 is 0 Å². The number of nitrogens with zero attached hydrogens (tertiary/aromatic N) is 3. The Morgan fingerprint density at radius 1 is 1.12 bits per heavy atom. The van der Waals surface area contributed by atoms with Crippen LogP contribution < -0.4 is 0 Å². The Morgan fingerprint density at radius 2 is 1.82 bits per heavy atom. The average molecular weight is 239 g/mol. The van der Waals surface area contributed by atoms with Crippen molar-refractivity contribution in [3.63, 3.8) is 0 Å². The molecule has 1 heterocycles. The van der Waals surface area contributed by atoms with Crippen LogP contribution in [0.1, 0.15) is 58.1 Å². The van der Waals surface area contributed by atoms with E-state index in [1.54, 1.807) is 0 Å². The minimum atomic E-state index is -0.0192. The third kappa shape index (κ3) is 4.46. The van der Waals surface area contributed by atoms with Crippen LogP contribution in [0, 0.1) is 5.92 Å². The molecule has 0 aliphatic carbocycles. The SMILES string of the molecule is CCCCCCc1nnc(CO)n1CC(C)C. The van der Waals surface area contributed by atoms with Crippen molar-refractivity contribution in [3.8, 4) is 0 Å². The zero-order valence-corrected chi connectivity index (χ0v) is 11.3. The maximum atomic E-state index is 9.23. The van der Waals surface area contributed by atoms with Crippen LogP contribution >= 0.6 is 0 Å². The van der Waals surface area contributed by atoms with Crippen LogP contribution in [0.5, 0.6) is 0 Å². The minimum absolute atomic E-state index is 0.0192. The smallest absolute Gasteiger partial charge is 0.158 e. The topological polar surface area (TPSA) is 50.9 Å². The first-order chi connectivity index (χ1) is 8.19. The zero-order chi connectivity index (χ0) is 12.7. The number of rotatable bonds is 8. The van der Waals surface area contributed by atoms with Crippen LogP contribution in [-0.2, 0) is 19.6 Å². The Hall–Kier alpha value is -0.900. The van der Waals surface area contributed by atoms with Crippen molar-refractivity contribution in [2.24, 2.45) is 5.92 Å². The highest BCUT2D eigenvalue weighted by molar-refractivity contribution is 4.95. The number of aromatic nitrogens is 3. The van der Waals surface area contributed by atoms with Gasteiger partial charge in [-0.15, -0.1) is 10.2 Å². The summed E-state index contributed by atoms with van der Waals surface area (Å²) in [6.45, 7) is 7.43. The molecule has 98 valence electrons. The Morgan fingerprint density at radius 3 is 2.41 bits per heavy atom. The van der Waals surface area contributed by atoms with E-state index < -0.39 is 0 Å². The van der Waals surface area contributed by atoms with Gasteiger partial charge in [-0.1, -0.05) is 40.0 Å². The van der Waals surface area contributed by atoms with Crippen molar-refractivity contribution in [2.75, 3.05) is 0 Å².